The third-order valence-electron chi connectivity index (χ3n) is 2.86. The van der Waals surface area contributed by atoms with Gasteiger partial charge in [0.2, 0.25) is 0 Å². The molecule has 0 saturated carbocycles. The number of rotatable bonds is 3. The highest BCUT2D eigenvalue weighted by atomic mass is 32.2. The number of nitrogens with zero attached hydrogens (tertiary/aromatic N) is 1. The number of carboxylic acid groups (broad SMARTS) is 1. The van der Waals surface area contributed by atoms with Gasteiger partial charge in [-0.15, -0.1) is 11.8 Å². The average molecular weight is 261 g/mol. The van der Waals surface area contributed by atoms with E-state index in [4.69, 9.17) is 0 Å². The molecule has 0 radical (unpaired) electrons. The van der Waals surface area contributed by atoms with Crippen LogP contribution in [-0.4, -0.2) is 21.8 Å². The van der Waals surface area contributed by atoms with Gasteiger partial charge in [0.05, 0.1) is 11.1 Å². The summed E-state index contributed by atoms with van der Waals surface area (Å²) in [6.45, 7) is 5.85. The van der Waals surface area contributed by atoms with Crippen LogP contribution in [-0.2, 0) is 0 Å². The van der Waals surface area contributed by atoms with Gasteiger partial charge in [-0.05, 0) is 36.8 Å². The molecule has 0 spiro atoms. The molecule has 1 heterocycles. The molecule has 94 valence electrons. The summed E-state index contributed by atoms with van der Waals surface area (Å²) in [5.74, 6) is -0.0947. The number of hydrogen-bond acceptors (Lipinski definition) is 3. The Hall–Kier alpha value is -1.55. The standard InChI is InChI=1S/C14H15NO2S/c1-4-18-13-12(14(16)17)9(3)10-6-5-8(2)7-11(10)15-13/h5-7H,4H2,1-3H3,(H,16,17). The minimum Gasteiger partial charge on any atom is -0.478 e. The lowest BCUT2D eigenvalue weighted by atomic mass is 10.0. The highest BCUT2D eigenvalue weighted by molar-refractivity contribution is 7.99. The first kappa shape index (κ1) is 12.9. The topological polar surface area (TPSA) is 50.2 Å². The summed E-state index contributed by atoms with van der Waals surface area (Å²) in [6.07, 6.45) is 0. The summed E-state index contributed by atoms with van der Waals surface area (Å²) < 4.78 is 0. The lowest BCUT2D eigenvalue weighted by Gasteiger charge is -2.11. The second kappa shape index (κ2) is 4.98. The Bertz CT molecular complexity index is 623. The van der Waals surface area contributed by atoms with Gasteiger partial charge in [-0.25, -0.2) is 9.78 Å². The van der Waals surface area contributed by atoms with E-state index in [0.717, 1.165) is 27.8 Å². The Labute approximate surface area is 110 Å². The van der Waals surface area contributed by atoms with Gasteiger partial charge in [0, 0.05) is 5.39 Å². The largest absolute Gasteiger partial charge is 0.478 e. The van der Waals surface area contributed by atoms with Crippen molar-refractivity contribution in [3.63, 3.8) is 0 Å². The van der Waals surface area contributed by atoms with Crippen LogP contribution in [0, 0.1) is 13.8 Å². The molecule has 2 rings (SSSR count). The van der Waals surface area contributed by atoms with E-state index in [1.54, 1.807) is 0 Å². The number of aryl methyl sites for hydroxylation is 2. The zero-order valence-corrected chi connectivity index (χ0v) is 11.5. The van der Waals surface area contributed by atoms with Gasteiger partial charge in [0.15, 0.2) is 0 Å². The molecule has 1 aromatic heterocycles. The molecule has 0 fully saturated rings. The molecule has 0 amide bonds. The van der Waals surface area contributed by atoms with Crippen LogP contribution in [0.3, 0.4) is 0 Å². The summed E-state index contributed by atoms with van der Waals surface area (Å²) in [5, 5.41) is 10.9. The minimum absolute atomic E-state index is 0.332. The van der Waals surface area contributed by atoms with Crippen LogP contribution in [0.25, 0.3) is 10.9 Å². The number of benzene rings is 1. The van der Waals surface area contributed by atoms with E-state index < -0.39 is 5.97 Å². The van der Waals surface area contributed by atoms with E-state index in [1.165, 1.54) is 11.8 Å². The molecule has 0 aliphatic carbocycles. The van der Waals surface area contributed by atoms with E-state index in [0.29, 0.717) is 10.6 Å². The minimum atomic E-state index is -0.904. The number of aromatic nitrogens is 1. The van der Waals surface area contributed by atoms with Gasteiger partial charge in [0.1, 0.15) is 5.03 Å². The van der Waals surface area contributed by atoms with Crippen molar-refractivity contribution in [3.05, 3.63) is 34.9 Å². The normalized spacial score (nSPS) is 10.8. The number of thioether (sulfide) groups is 1. The van der Waals surface area contributed by atoms with Gasteiger partial charge in [0.25, 0.3) is 0 Å². The maximum Gasteiger partial charge on any atom is 0.338 e. The van der Waals surface area contributed by atoms with Crippen LogP contribution in [0.4, 0.5) is 0 Å². The fourth-order valence-corrected chi connectivity index (χ4v) is 2.83. The third-order valence-corrected chi connectivity index (χ3v) is 3.72. The van der Waals surface area contributed by atoms with Crippen molar-refractivity contribution in [3.8, 4) is 0 Å². The maximum atomic E-state index is 11.4. The van der Waals surface area contributed by atoms with Crippen molar-refractivity contribution in [1.29, 1.82) is 0 Å². The number of carboxylic acids is 1. The first-order chi connectivity index (χ1) is 8.54. The van der Waals surface area contributed by atoms with Gasteiger partial charge in [-0.3, -0.25) is 0 Å². The summed E-state index contributed by atoms with van der Waals surface area (Å²) in [5.41, 5.74) is 3.13. The van der Waals surface area contributed by atoms with Gasteiger partial charge in [-0.2, -0.15) is 0 Å². The first-order valence-electron chi connectivity index (χ1n) is 5.81. The van der Waals surface area contributed by atoms with Gasteiger partial charge in [-0.1, -0.05) is 19.1 Å². The van der Waals surface area contributed by atoms with Crippen molar-refractivity contribution in [2.24, 2.45) is 0 Å². The molecule has 0 aliphatic rings. The van der Waals surface area contributed by atoms with Gasteiger partial charge < -0.3 is 5.11 Å². The van der Waals surface area contributed by atoms with Crippen molar-refractivity contribution < 1.29 is 9.90 Å². The Kier molecular flexibility index (Phi) is 3.57. The molecule has 4 heteroatoms. The van der Waals surface area contributed by atoms with E-state index >= 15 is 0 Å². The Balaban J connectivity index is 2.80. The molecule has 0 atom stereocenters. The Morgan fingerprint density at radius 2 is 2.11 bits per heavy atom. The van der Waals surface area contributed by atoms with Crippen LogP contribution in [0.1, 0.15) is 28.4 Å². The average Bonchev–Trinajstić information content (AvgIpc) is 2.28. The Morgan fingerprint density at radius 1 is 1.39 bits per heavy atom. The Morgan fingerprint density at radius 3 is 2.72 bits per heavy atom. The van der Waals surface area contributed by atoms with E-state index in [9.17, 15) is 9.90 Å². The molecule has 18 heavy (non-hydrogen) atoms. The lowest BCUT2D eigenvalue weighted by Crippen LogP contribution is -2.05. The SMILES string of the molecule is CCSc1nc2cc(C)ccc2c(C)c1C(=O)O. The smallest absolute Gasteiger partial charge is 0.338 e. The highest BCUT2D eigenvalue weighted by Gasteiger charge is 2.17. The summed E-state index contributed by atoms with van der Waals surface area (Å²) in [6, 6.07) is 5.92. The molecular formula is C14H15NO2S. The molecule has 0 bridgehead atoms. The predicted octanol–water partition coefficient (Wildman–Crippen LogP) is 3.66. The second-order valence-electron chi connectivity index (χ2n) is 4.18. The zero-order valence-electron chi connectivity index (χ0n) is 10.7. The number of aromatic carboxylic acids is 1. The molecule has 2 aromatic rings. The second-order valence-corrected chi connectivity index (χ2v) is 5.43. The molecule has 0 saturated heterocycles. The van der Waals surface area contributed by atoms with E-state index in [1.807, 2.05) is 39.0 Å². The number of pyridine rings is 1. The van der Waals surface area contributed by atoms with E-state index in [-0.39, 0.29) is 0 Å². The van der Waals surface area contributed by atoms with Crippen molar-refractivity contribution in [1.82, 2.24) is 4.98 Å². The van der Waals surface area contributed by atoms with Crippen LogP contribution in [0.5, 0.6) is 0 Å². The third kappa shape index (κ3) is 2.20. The van der Waals surface area contributed by atoms with E-state index in [2.05, 4.69) is 4.98 Å². The summed E-state index contributed by atoms with van der Waals surface area (Å²) in [7, 11) is 0. The lowest BCUT2D eigenvalue weighted by molar-refractivity contribution is 0.0691. The van der Waals surface area contributed by atoms with Crippen molar-refractivity contribution >= 4 is 28.6 Å². The summed E-state index contributed by atoms with van der Waals surface area (Å²) in [4.78, 5) is 15.9. The molecule has 1 N–H and O–H groups in total. The molecular weight excluding hydrogens is 246 g/mol. The zero-order chi connectivity index (χ0) is 13.3. The molecule has 0 aliphatic heterocycles. The number of fused-ring (bicyclic) bond motifs is 1. The first-order valence-corrected chi connectivity index (χ1v) is 6.80. The van der Waals surface area contributed by atoms with Crippen LogP contribution in [0.2, 0.25) is 0 Å². The van der Waals surface area contributed by atoms with Crippen LogP contribution >= 0.6 is 11.8 Å². The molecule has 1 aromatic carbocycles. The quantitative estimate of drug-likeness (QED) is 0.857. The van der Waals surface area contributed by atoms with Crippen LogP contribution < -0.4 is 0 Å². The number of carbonyl (C=O) groups is 1. The van der Waals surface area contributed by atoms with Crippen LogP contribution in [0.15, 0.2) is 23.2 Å². The number of hydrogen-bond donors (Lipinski definition) is 1. The molecule has 3 nitrogen and oxygen atoms in total. The predicted molar refractivity (Wildman–Crippen MR) is 74.6 cm³/mol. The monoisotopic (exact) mass is 261 g/mol. The fourth-order valence-electron chi connectivity index (χ4n) is 2.00. The molecule has 0 unspecified atom stereocenters. The summed E-state index contributed by atoms with van der Waals surface area (Å²) >= 11 is 1.47. The fraction of sp³-hybridized carbons (Fsp3) is 0.286. The van der Waals surface area contributed by atoms with Gasteiger partial charge >= 0.3 is 5.97 Å². The maximum absolute atomic E-state index is 11.4. The van der Waals surface area contributed by atoms with Crippen molar-refractivity contribution in [2.45, 2.75) is 25.8 Å². The highest BCUT2D eigenvalue weighted by Crippen LogP contribution is 2.29. The van der Waals surface area contributed by atoms with Crippen molar-refractivity contribution in [2.75, 3.05) is 5.75 Å².